The number of hydrogen-bond donors (Lipinski definition) is 0. The fourth-order valence-corrected chi connectivity index (χ4v) is 1.65. The second kappa shape index (κ2) is 2.83. The highest BCUT2D eigenvalue weighted by Gasteiger charge is 2.04. The summed E-state index contributed by atoms with van der Waals surface area (Å²) < 4.78 is 2.10. The lowest BCUT2D eigenvalue weighted by Gasteiger charge is -2.03. The van der Waals surface area contributed by atoms with Crippen molar-refractivity contribution >= 4 is 5.78 Å². The Bertz CT molecular complexity index is 443. The molecular weight excluding hydrogens is 162 g/mol. The molecule has 13 heavy (non-hydrogen) atoms. The molecule has 0 N–H and O–H groups in total. The summed E-state index contributed by atoms with van der Waals surface area (Å²) in [5.74, 6) is 0.814. The van der Waals surface area contributed by atoms with Gasteiger partial charge in [-0.3, -0.25) is 4.40 Å². The van der Waals surface area contributed by atoms with Gasteiger partial charge in [0.25, 0.3) is 0 Å². The van der Waals surface area contributed by atoms with E-state index in [0.29, 0.717) is 0 Å². The van der Waals surface area contributed by atoms with Crippen molar-refractivity contribution in [1.82, 2.24) is 14.4 Å². The Morgan fingerprint density at radius 2 is 2.15 bits per heavy atom. The fraction of sp³-hybridized carbons (Fsp3) is 0.400. The number of rotatable bonds is 1. The van der Waals surface area contributed by atoms with Crippen LogP contribution in [0, 0.1) is 13.8 Å². The monoisotopic (exact) mass is 175 g/mol. The molecule has 0 saturated carbocycles. The van der Waals surface area contributed by atoms with Crippen molar-refractivity contribution in [2.75, 3.05) is 0 Å². The van der Waals surface area contributed by atoms with Gasteiger partial charge in [0.15, 0.2) is 0 Å². The van der Waals surface area contributed by atoms with Crippen LogP contribution >= 0.6 is 0 Å². The van der Waals surface area contributed by atoms with Crippen molar-refractivity contribution in [1.29, 1.82) is 0 Å². The maximum absolute atomic E-state index is 4.36. The topological polar surface area (TPSA) is 30.2 Å². The molecule has 2 aromatic heterocycles. The molecule has 0 spiro atoms. The van der Waals surface area contributed by atoms with Crippen molar-refractivity contribution in [2.45, 2.75) is 27.2 Å². The maximum atomic E-state index is 4.36. The van der Waals surface area contributed by atoms with Crippen LogP contribution in [0.5, 0.6) is 0 Å². The van der Waals surface area contributed by atoms with Crippen molar-refractivity contribution in [3.05, 3.63) is 29.3 Å². The average Bonchev–Trinajstić information content (AvgIpc) is 2.47. The van der Waals surface area contributed by atoms with E-state index in [0.717, 1.165) is 17.9 Å². The molecule has 0 unspecified atom stereocenters. The molecule has 2 aromatic rings. The van der Waals surface area contributed by atoms with Crippen LogP contribution in [0.15, 0.2) is 12.3 Å². The van der Waals surface area contributed by atoms with Gasteiger partial charge in [0, 0.05) is 17.1 Å². The second-order valence-electron chi connectivity index (χ2n) is 3.28. The zero-order chi connectivity index (χ0) is 9.42. The normalized spacial score (nSPS) is 11.0. The first-order valence-corrected chi connectivity index (χ1v) is 4.53. The first-order chi connectivity index (χ1) is 6.22. The van der Waals surface area contributed by atoms with Crippen LogP contribution in [-0.2, 0) is 6.42 Å². The molecule has 3 nitrogen and oxygen atoms in total. The molecule has 0 radical (unpaired) electrons. The summed E-state index contributed by atoms with van der Waals surface area (Å²) >= 11 is 0. The summed E-state index contributed by atoms with van der Waals surface area (Å²) in [6, 6.07) is 2.08. The minimum absolute atomic E-state index is 0.814. The first-order valence-electron chi connectivity index (χ1n) is 4.53. The Balaban J connectivity index is 2.82. The van der Waals surface area contributed by atoms with Crippen molar-refractivity contribution < 1.29 is 0 Å². The Hall–Kier alpha value is -1.38. The quantitative estimate of drug-likeness (QED) is 0.662. The van der Waals surface area contributed by atoms with E-state index in [9.17, 15) is 0 Å². The number of hydrogen-bond acceptors (Lipinski definition) is 2. The lowest BCUT2D eigenvalue weighted by atomic mass is 10.3. The van der Waals surface area contributed by atoms with Crippen molar-refractivity contribution in [3.8, 4) is 0 Å². The summed E-state index contributed by atoms with van der Waals surface area (Å²) in [5.41, 5.74) is 3.45. The molecule has 0 atom stereocenters. The Kier molecular flexibility index (Phi) is 1.79. The van der Waals surface area contributed by atoms with E-state index in [-0.39, 0.29) is 0 Å². The number of nitrogens with zero attached hydrogens (tertiary/aromatic N) is 3. The molecule has 0 aromatic carbocycles. The second-order valence-corrected chi connectivity index (χ2v) is 3.28. The highest BCUT2D eigenvalue weighted by Crippen LogP contribution is 2.10. The molecule has 0 amide bonds. The number of aryl methyl sites for hydroxylation is 3. The van der Waals surface area contributed by atoms with E-state index >= 15 is 0 Å². The summed E-state index contributed by atoms with van der Waals surface area (Å²) in [6.45, 7) is 6.21. The van der Waals surface area contributed by atoms with E-state index < -0.39 is 0 Å². The lowest BCUT2D eigenvalue weighted by Crippen LogP contribution is -1.99. The molecule has 0 bridgehead atoms. The van der Waals surface area contributed by atoms with Gasteiger partial charge in [-0.25, -0.2) is 9.97 Å². The molecule has 3 heteroatoms. The first kappa shape index (κ1) is 8.23. The van der Waals surface area contributed by atoms with E-state index in [1.807, 2.05) is 13.1 Å². The minimum Gasteiger partial charge on any atom is -0.285 e. The SMILES string of the molecule is CCc1cnc2nc(C)cc(C)n12. The third kappa shape index (κ3) is 1.20. The fourth-order valence-electron chi connectivity index (χ4n) is 1.65. The van der Waals surface area contributed by atoms with Crippen LogP contribution in [0.2, 0.25) is 0 Å². The average molecular weight is 175 g/mol. The van der Waals surface area contributed by atoms with Crippen molar-refractivity contribution in [3.63, 3.8) is 0 Å². The summed E-state index contributed by atoms with van der Waals surface area (Å²) in [7, 11) is 0. The molecule has 68 valence electrons. The van der Waals surface area contributed by atoms with Crippen LogP contribution < -0.4 is 0 Å². The van der Waals surface area contributed by atoms with Crippen LogP contribution in [0.25, 0.3) is 5.78 Å². The Morgan fingerprint density at radius 3 is 2.85 bits per heavy atom. The van der Waals surface area contributed by atoms with Crippen LogP contribution in [0.4, 0.5) is 0 Å². The largest absolute Gasteiger partial charge is 0.285 e. The number of imidazole rings is 1. The Labute approximate surface area is 77.4 Å². The van der Waals surface area contributed by atoms with Gasteiger partial charge in [-0.15, -0.1) is 0 Å². The van der Waals surface area contributed by atoms with E-state index in [2.05, 4.69) is 34.3 Å². The van der Waals surface area contributed by atoms with Crippen LogP contribution in [0.3, 0.4) is 0 Å². The van der Waals surface area contributed by atoms with Gasteiger partial charge in [0.1, 0.15) is 0 Å². The standard InChI is InChI=1S/C10H13N3/c1-4-9-6-11-10-12-7(2)5-8(3)13(9)10/h5-6H,4H2,1-3H3. The van der Waals surface area contributed by atoms with Gasteiger partial charge in [-0.1, -0.05) is 6.92 Å². The van der Waals surface area contributed by atoms with Gasteiger partial charge < -0.3 is 0 Å². The van der Waals surface area contributed by atoms with Crippen LogP contribution in [-0.4, -0.2) is 14.4 Å². The van der Waals surface area contributed by atoms with Gasteiger partial charge in [0.05, 0.1) is 6.20 Å². The highest BCUT2D eigenvalue weighted by molar-refractivity contribution is 5.35. The number of fused-ring (bicyclic) bond motifs is 1. The molecule has 0 aliphatic carbocycles. The summed E-state index contributed by atoms with van der Waals surface area (Å²) in [6.07, 6.45) is 2.89. The molecular formula is C10H13N3. The van der Waals surface area contributed by atoms with Gasteiger partial charge in [0.2, 0.25) is 5.78 Å². The molecule has 0 aliphatic rings. The predicted molar refractivity (Wildman–Crippen MR) is 51.8 cm³/mol. The molecule has 0 saturated heterocycles. The zero-order valence-corrected chi connectivity index (χ0v) is 8.20. The van der Waals surface area contributed by atoms with Crippen LogP contribution in [0.1, 0.15) is 24.0 Å². The van der Waals surface area contributed by atoms with Gasteiger partial charge >= 0.3 is 0 Å². The summed E-state index contributed by atoms with van der Waals surface area (Å²) in [5, 5.41) is 0. The van der Waals surface area contributed by atoms with E-state index in [1.165, 1.54) is 11.4 Å². The molecule has 0 fully saturated rings. The van der Waals surface area contributed by atoms with Gasteiger partial charge in [-0.05, 0) is 26.3 Å². The smallest absolute Gasteiger partial charge is 0.234 e. The molecule has 2 heterocycles. The minimum atomic E-state index is 0.814. The van der Waals surface area contributed by atoms with Crippen molar-refractivity contribution in [2.24, 2.45) is 0 Å². The Morgan fingerprint density at radius 1 is 1.38 bits per heavy atom. The number of aromatic nitrogens is 3. The summed E-state index contributed by atoms with van der Waals surface area (Å²) in [4.78, 5) is 8.62. The predicted octanol–water partition coefficient (Wildman–Crippen LogP) is 1.91. The lowest BCUT2D eigenvalue weighted by molar-refractivity contribution is 0.931. The van der Waals surface area contributed by atoms with E-state index in [4.69, 9.17) is 0 Å². The third-order valence-corrected chi connectivity index (χ3v) is 2.23. The maximum Gasteiger partial charge on any atom is 0.234 e. The van der Waals surface area contributed by atoms with E-state index in [1.54, 1.807) is 0 Å². The molecule has 2 rings (SSSR count). The third-order valence-electron chi connectivity index (χ3n) is 2.23. The zero-order valence-electron chi connectivity index (χ0n) is 8.20. The molecule has 0 aliphatic heterocycles. The highest BCUT2D eigenvalue weighted by atomic mass is 15.1. The van der Waals surface area contributed by atoms with Gasteiger partial charge in [-0.2, -0.15) is 0 Å².